The van der Waals surface area contributed by atoms with Crippen LogP contribution in [0.25, 0.3) is 5.57 Å². The maximum Gasteiger partial charge on any atom is 0.0287 e. The van der Waals surface area contributed by atoms with Gasteiger partial charge in [-0.05, 0) is 49.3 Å². The van der Waals surface area contributed by atoms with Crippen molar-refractivity contribution in [1.82, 2.24) is 0 Å². The van der Waals surface area contributed by atoms with E-state index in [-0.39, 0.29) is 0 Å². The van der Waals surface area contributed by atoms with Gasteiger partial charge in [0.2, 0.25) is 0 Å². The van der Waals surface area contributed by atoms with Gasteiger partial charge in [0.05, 0.1) is 0 Å². The van der Waals surface area contributed by atoms with Crippen LogP contribution < -0.4 is 0 Å². The highest BCUT2D eigenvalue weighted by atomic mass is 14.6. The molecule has 1 aromatic carbocycles. The molecule has 1 aromatic rings. The molecule has 17 heavy (non-hydrogen) atoms. The summed E-state index contributed by atoms with van der Waals surface area (Å²) in [6.45, 7) is 4.44. The van der Waals surface area contributed by atoms with Gasteiger partial charge in [0, 0.05) is 13.3 Å². The van der Waals surface area contributed by atoms with Crippen molar-refractivity contribution < 1.29 is 0 Å². The third kappa shape index (κ3) is 2.49. The van der Waals surface area contributed by atoms with Gasteiger partial charge >= 0.3 is 0 Å². The van der Waals surface area contributed by atoms with Gasteiger partial charge in [-0.25, -0.2) is 0 Å². The van der Waals surface area contributed by atoms with Gasteiger partial charge in [-0.15, -0.1) is 0 Å². The average molecular weight is 227 g/mol. The Labute approximate surface area is 104 Å². The smallest absolute Gasteiger partial charge is 0.0287 e. The molecule has 0 heterocycles. The second-order valence-corrected chi connectivity index (χ2v) is 4.93. The van der Waals surface area contributed by atoms with Crippen molar-refractivity contribution in [3.05, 3.63) is 41.0 Å². The van der Waals surface area contributed by atoms with E-state index in [9.17, 15) is 0 Å². The lowest BCUT2D eigenvalue weighted by molar-refractivity contribution is 0.369. The molecule has 0 aromatic heterocycles. The molecule has 0 N–H and O–H groups in total. The molecule has 1 nitrogen and oxygen atoms in total. The summed E-state index contributed by atoms with van der Waals surface area (Å²) in [5, 5.41) is 0. The van der Waals surface area contributed by atoms with Crippen LogP contribution in [0.2, 0.25) is 0 Å². The van der Waals surface area contributed by atoms with Gasteiger partial charge in [0.15, 0.2) is 0 Å². The largest absolute Gasteiger partial charge is 0.296 e. The molecule has 90 valence electrons. The molecule has 0 amide bonds. The van der Waals surface area contributed by atoms with Gasteiger partial charge < -0.3 is 0 Å². The third-order valence-electron chi connectivity index (χ3n) is 3.84. The Morgan fingerprint density at radius 3 is 2.53 bits per heavy atom. The van der Waals surface area contributed by atoms with Crippen LogP contribution in [0.1, 0.15) is 37.3 Å². The predicted octanol–water partition coefficient (Wildman–Crippen LogP) is 4.27. The maximum absolute atomic E-state index is 4.23. The number of benzene rings is 1. The molecule has 0 atom stereocenters. The lowest BCUT2D eigenvalue weighted by Crippen LogP contribution is -2.14. The molecule has 0 radical (unpaired) electrons. The monoisotopic (exact) mass is 227 g/mol. The first-order valence-electron chi connectivity index (χ1n) is 6.43. The van der Waals surface area contributed by atoms with Crippen molar-refractivity contribution >= 4 is 11.8 Å². The van der Waals surface area contributed by atoms with Crippen LogP contribution in [-0.4, -0.2) is 13.3 Å². The Bertz CT molecular complexity index is 450. The van der Waals surface area contributed by atoms with Crippen LogP contribution >= 0.6 is 0 Å². The topological polar surface area (TPSA) is 12.4 Å². The Kier molecular flexibility index (Phi) is 3.78. The highest BCUT2D eigenvalue weighted by Crippen LogP contribution is 2.36. The predicted molar refractivity (Wildman–Crippen MR) is 75.5 cm³/mol. The lowest BCUT2D eigenvalue weighted by Gasteiger charge is -2.28. The zero-order valence-electron chi connectivity index (χ0n) is 11.0. The minimum Gasteiger partial charge on any atom is -0.296 e. The molecule has 0 spiro atoms. The van der Waals surface area contributed by atoms with E-state index in [1.807, 2.05) is 13.3 Å². The molecule has 1 saturated carbocycles. The van der Waals surface area contributed by atoms with Gasteiger partial charge in [-0.3, -0.25) is 4.99 Å². The Morgan fingerprint density at radius 1 is 1.29 bits per heavy atom. The van der Waals surface area contributed by atoms with Crippen LogP contribution in [0, 0.1) is 12.8 Å². The Balaban J connectivity index is 2.45. The second kappa shape index (κ2) is 5.31. The first-order chi connectivity index (χ1) is 8.24. The van der Waals surface area contributed by atoms with E-state index >= 15 is 0 Å². The van der Waals surface area contributed by atoms with E-state index in [0.29, 0.717) is 0 Å². The van der Waals surface area contributed by atoms with Gasteiger partial charge in [0.1, 0.15) is 0 Å². The molecule has 1 aliphatic carbocycles. The number of nitrogens with zero attached hydrogens (tertiary/aromatic N) is 1. The zero-order valence-corrected chi connectivity index (χ0v) is 11.0. The number of rotatable bonds is 3. The van der Waals surface area contributed by atoms with Crippen LogP contribution in [-0.2, 0) is 0 Å². The van der Waals surface area contributed by atoms with Gasteiger partial charge in [-0.1, -0.05) is 36.3 Å². The lowest BCUT2D eigenvalue weighted by atomic mass is 9.77. The van der Waals surface area contributed by atoms with E-state index in [4.69, 9.17) is 0 Å². The van der Waals surface area contributed by atoms with Crippen LogP contribution in [0.15, 0.2) is 34.8 Å². The van der Waals surface area contributed by atoms with E-state index in [0.717, 1.165) is 5.92 Å². The fourth-order valence-corrected chi connectivity index (χ4v) is 2.45. The normalized spacial score (nSPS) is 18.1. The minimum atomic E-state index is 0.780. The Morgan fingerprint density at radius 2 is 2.00 bits per heavy atom. The zero-order chi connectivity index (χ0) is 12.3. The van der Waals surface area contributed by atoms with Crippen LogP contribution in [0.4, 0.5) is 0 Å². The summed E-state index contributed by atoms with van der Waals surface area (Å²) in [5.74, 6) is 0.780. The van der Waals surface area contributed by atoms with Gasteiger partial charge in [-0.2, -0.15) is 0 Å². The minimum absolute atomic E-state index is 0.780. The molecule has 2 rings (SSSR count). The summed E-state index contributed by atoms with van der Waals surface area (Å²) in [4.78, 5) is 4.23. The molecule has 0 saturated heterocycles. The first-order valence-corrected chi connectivity index (χ1v) is 6.43. The summed E-state index contributed by atoms with van der Waals surface area (Å²) in [7, 11) is 1.85. The summed E-state index contributed by atoms with van der Waals surface area (Å²) in [6.07, 6.45) is 6.10. The van der Waals surface area contributed by atoms with E-state index in [1.165, 1.54) is 41.5 Å². The fourth-order valence-electron chi connectivity index (χ4n) is 2.45. The number of hydrogen-bond acceptors (Lipinski definition) is 1. The molecule has 1 heteroatoms. The number of hydrogen-bond donors (Lipinski definition) is 0. The van der Waals surface area contributed by atoms with Crippen molar-refractivity contribution in [3.8, 4) is 0 Å². The van der Waals surface area contributed by atoms with Crippen molar-refractivity contribution in [2.75, 3.05) is 7.05 Å². The van der Waals surface area contributed by atoms with Crippen molar-refractivity contribution in [2.45, 2.75) is 33.1 Å². The van der Waals surface area contributed by atoms with Crippen molar-refractivity contribution in [2.24, 2.45) is 10.9 Å². The standard InChI is InChI=1S/C16H21N/c1-12-7-4-5-10-15(12)16(11-17-3)13(2)14-8-6-9-14/h4-5,7,10-11,14H,6,8-9H2,1-3H3/b16-13-,17-11?. The molecule has 0 aliphatic heterocycles. The SMILES string of the molecule is CN=C/C(=C(\C)C1CCC1)c1ccccc1C. The molecule has 1 fully saturated rings. The molecular formula is C16H21N. The van der Waals surface area contributed by atoms with Crippen LogP contribution in [0.5, 0.6) is 0 Å². The Hall–Kier alpha value is -1.37. The number of allylic oxidation sites excluding steroid dienone is 2. The van der Waals surface area contributed by atoms with Crippen molar-refractivity contribution in [3.63, 3.8) is 0 Å². The first kappa shape index (κ1) is 12.1. The highest BCUT2D eigenvalue weighted by molar-refractivity contribution is 6.11. The number of aliphatic imine (C=N–C) groups is 1. The highest BCUT2D eigenvalue weighted by Gasteiger charge is 2.21. The van der Waals surface area contributed by atoms with Crippen molar-refractivity contribution in [1.29, 1.82) is 0 Å². The number of aryl methyl sites for hydroxylation is 1. The summed E-state index contributed by atoms with van der Waals surface area (Å²) in [6, 6.07) is 8.58. The summed E-state index contributed by atoms with van der Waals surface area (Å²) >= 11 is 0. The fraction of sp³-hybridized carbons (Fsp3) is 0.438. The van der Waals surface area contributed by atoms with E-state index < -0.39 is 0 Å². The second-order valence-electron chi connectivity index (χ2n) is 4.93. The molecule has 0 bridgehead atoms. The van der Waals surface area contributed by atoms with E-state index in [1.54, 1.807) is 0 Å². The van der Waals surface area contributed by atoms with E-state index in [2.05, 4.69) is 43.1 Å². The summed E-state index contributed by atoms with van der Waals surface area (Å²) in [5.41, 5.74) is 5.51. The third-order valence-corrected chi connectivity index (χ3v) is 3.84. The quantitative estimate of drug-likeness (QED) is 0.684. The molecule has 0 unspecified atom stereocenters. The average Bonchev–Trinajstić information content (AvgIpc) is 2.24. The summed E-state index contributed by atoms with van der Waals surface area (Å²) < 4.78 is 0. The van der Waals surface area contributed by atoms with Crippen LogP contribution in [0.3, 0.4) is 0 Å². The maximum atomic E-state index is 4.23. The van der Waals surface area contributed by atoms with Gasteiger partial charge in [0.25, 0.3) is 0 Å². The molecule has 1 aliphatic rings. The molecular weight excluding hydrogens is 206 g/mol.